The summed E-state index contributed by atoms with van der Waals surface area (Å²) in [6, 6.07) is 7.88. The van der Waals surface area contributed by atoms with Gasteiger partial charge in [-0.25, -0.2) is 9.50 Å². The molecule has 0 aliphatic carbocycles. The van der Waals surface area contributed by atoms with E-state index in [0.717, 1.165) is 46.4 Å². The second-order valence-electron chi connectivity index (χ2n) is 5.00. The number of para-hydroxylation sites is 1. The molecule has 3 heterocycles. The first-order valence-corrected chi connectivity index (χ1v) is 7.78. The highest BCUT2D eigenvalue weighted by Crippen LogP contribution is 2.34. The maximum absolute atomic E-state index is 5.68. The van der Waals surface area contributed by atoms with Crippen molar-refractivity contribution in [2.24, 2.45) is 0 Å². The number of methoxy groups -OCH3 is 1. The highest BCUT2D eigenvalue weighted by Gasteiger charge is 2.22. The Balaban J connectivity index is 1.73. The largest absolute Gasteiger partial charge is 0.496 e. The van der Waals surface area contributed by atoms with Crippen molar-refractivity contribution in [2.75, 3.05) is 13.7 Å². The summed E-state index contributed by atoms with van der Waals surface area (Å²) < 4.78 is 12.9. The Morgan fingerprint density at radius 2 is 2.29 bits per heavy atom. The predicted molar refractivity (Wildman–Crippen MR) is 80.8 cm³/mol. The zero-order valence-electron chi connectivity index (χ0n) is 11.7. The maximum Gasteiger partial charge on any atom is 0.212 e. The number of hydrogen-bond donors (Lipinski definition) is 0. The van der Waals surface area contributed by atoms with Crippen molar-refractivity contribution in [3.63, 3.8) is 0 Å². The topological polar surface area (TPSA) is 48.7 Å². The lowest BCUT2D eigenvalue weighted by molar-refractivity contribution is 0.111. The van der Waals surface area contributed by atoms with Crippen molar-refractivity contribution < 1.29 is 9.47 Å². The van der Waals surface area contributed by atoms with E-state index in [2.05, 4.69) is 10.1 Å². The summed E-state index contributed by atoms with van der Waals surface area (Å²) in [7, 11) is 1.67. The van der Waals surface area contributed by atoms with Gasteiger partial charge in [-0.1, -0.05) is 23.5 Å². The molecule has 6 heteroatoms. The molecule has 1 unspecified atom stereocenters. The van der Waals surface area contributed by atoms with E-state index in [1.54, 1.807) is 18.4 Å². The molecule has 2 aromatic heterocycles. The molecule has 0 saturated carbocycles. The first kappa shape index (κ1) is 12.8. The normalized spacial score (nSPS) is 18.4. The second kappa shape index (κ2) is 5.13. The lowest BCUT2D eigenvalue weighted by Crippen LogP contribution is -1.95. The summed E-state index contributed by atoms with van der Waals surface area (Å²) in [4.78, 5) is 5.56. The van der Waals surface area contributed by atoms with Gasteiger partial charge in [0.15, 0.2) is 0 Å². The first-order valence-electron chi connectivity index (χ1n) is 6.96. The molecule has 1 aliphatic rings. The van der Waals surface area contributed by atoms with Crippen LogP contribution in [0.15, 0.2) is 30.5 Å². The van der Waals surface area contributed by atoms with E-state index < -0.39 is 0 Å². The Labute approximate surface area is 126 Å². The maximum atomic E-state index is 5.68. The molecule has 5 nitrogen and oxygen atoms in total. The fourth-order valence-electron chi connectivity index (χ4n) is 2.60. The molecule has 0 bridgehead atoms. The van der Waals surface area contributed by atoms with E-state index in [1.165, 1.54) is 0 Å². The van der Waals surface area contributed by atoms with Gasteiger partial charge in [0.2, 0.25) is 4.96 Å². The summed E-state index contributed by atoms with van der Waals surface area (Å²) in [6.07, 6.45) is 4.25. The summed E-state index contributed by atoms with van der Waals surface area (Å²) in [5.41, 5.74) is 1.86. The van der Waals surface area contributed by atoms with Crippen molar-refractivity contribution in [2.45, 2.75) is 18.9 Å². The van der Waals surface area contributed by atoms with Gasteiger partial charge >= 0.3 is 0 Å². The third kappa shape index (κ3) is 2.20. The Hall–Kier alpha value is -1.92. The van der Waals surface area contributed by atoms with Crippen molar-refractivity contribution in [1.82, 2.24) is 14.6 Å². The van der Waals surface area contributed by atoms with Gasteiger partial charge in [0.25, 0.3) is 0 Å². The Kier molecular flexibility index (Phi) is 3.12. The van der Waals surface area contributed by atoms with Crippen LogP contribution in [0.1, 0.15) is 24.0 Å². The van der Waals surface area contributed by atoms with Crippen LogP contribution in [0.5, 0.6) is 5.75 Å². The van der Waals surface area contributed by atoms with Crippen LogP contribution in [-0.2, 0) is 4.74 Å². The van der Waals surface area contributed by atoms with E-state index in [9.17, 15) is 0 Å². The second-order valence-corrected chi connectivity index (χ2v) is 5.98. The van der Waals surface area contributed by atoms with Crippen molar-refractivity contribution in [3.05, 3.63) is 35.5 Å². The minimum atomic E-state index is 0.145. The van der Waals surface area contributed by atoms with Gasteiger partial charge < -0.3 is 9.47 Å². The monoisotopic (exact) mass is 301 g/mol. The summed E-state index contributed by atoms with van der Waals surface area (Å²) in [5, 5.41) is 5.62. The third-order valence-corrected chi connectivity index (χ3v) is 4.66. The summed E-state index contributed by atoms with van der Waals surface area (Å²) >= 11 is 1.60. The Morgan fingerprint density at radius 3 is 3.05 bits per heavy atom. The fraction of sp³-hybridized carbons (Fsp3) is 0.333. The van der Waals surface area contributed by atoms with Crippen LogP contribution in [-0.4, -0.2) is 28.3 Å². The minimum Gasteiger partial charge on any atom is -0.496 e. The molecule has 0 radical (unpaired) electrons. The van der Waals surface area contributed by atoms with Crippen LogP contribution >= 0.6 is 11.3 Å². The summed E-state index contributed by atoms with van der Waals surface area (Å²) in [5.74, 6) is 0.822. The number of nitrogens with zero attached hydrogens (tertiary/aromatic N) is 3. The molecule has 1 atom stereocenters. The average Bonchev–Trinajstić information content (AvgIpc) is 3.21. The van der Waals surface area contributed by atoms with Crippen molar-refractivity contribution in [1.29, 1.82) is 0 Å². The quantitative estimate of drug-likeness (QED) is 0.744. The molecule has 0 spiro atoms. The lowest BCUT2D eigenvalue weighted by Gasteiger charge is -2.05. The van der Waals surface area contributed by atoms with Crippen LogP contribution in [0.3, 0.4) is 0 Å². The van der Waals surface area contributed by atoms with Gasteiger partial charge in [0.1, 0.15) is 16.9 Å². The highest BCUT2D eigenvalue weighted by molar-refractivity contribution is 7.16. The number of imidazole rings is 1. The molecular formula is C15H15N3O2S. The van der Waals surface area contributed by atoms with E-state index in [0.29, 0.717) is 0 Å². The third-order valence-electron chi connectivity index (χ3n) is 3.65. The number of fused-ring (bicyclic) bond motifs is 1. The van der Waals surface area contributed by atoms with E-state index in [-0.39, 0.29) is 6.10 Å². The molecule has 1 fully saturated rings. The molecule has 4 rings (SSSR count). The van der Waals surface area contributed by atoms with Crippen LogP contribution < -0.4 is 4.74 Å². The highest BCUT2D eigenvalue weighted by atomic mass is 32.1. The molecule has 3 aromatic rings. The molecule has 21 heavy (non-hydrogen) atoms. The smallest absolute Gasteiger partial charge is 0.212 e. The van der Waals surface area contributed by atoms with E-state index in [4.69, 9.17) is 9.47 Å². The molecule has 1 aliphatic heterocycles. The standard InChI is InChI=1S/C15H15N3O2S/c1-19-12-6-3-2-5-10(12)11-9-18-15(16-11)21-14(17-18)13-7-4-8-20-13/h2-3,5-6,9,13H,4,7-8H2,1H3. The molecular weight excluding hydrogens is 286 g/mol. The SMILES string of the molecule is COc1ccccc1-c1cn2nc(C3CCCO3)sc2n1. The average molecular weight is 301 g/mol. The zero-order valence-corrected chi connectivity index (χ0v) is 12.5. The molecule has 0 N–H and O–H groups in total. The molecule has 0 amide bonds. The number of rotatable bonds is 3. The number of aromatic nitrogens is 3. The predicted octanol–water partition coefficient (Wildman–Crippen LogP) is 3.32. The van der Waals surface area contributed by atoms with Gasteiger partial charge in [-0.15, -0.1) is 0 Å². The minimum absolute atomic E-state index is 0.145. The van der Waals surface area contributed by atoms with Gasteiger partial charge in [-0.2, -0.15) is 5.10 Å². The lowest BCUT2D eigenvalue weighted by atomic mass is 10.1. The van der Waals surface area contributed by atoms with Crippen LogP contribution in [0.25, 0.3) is 16.2 Å². The van der Waals surface area contributed by atoms with Gasteiger partial charge in [-0.3, -0.25) is 0 Å². The zero-order chi connectivity index (χ0) is 14.2. The number of hydrogen-bond acceptors (Lipinski definition) is 5. The fourth-order valence-corrected chi connectivity index (χ4v) is 3.57. The van der Waals surface area contributed by atoms with Crippen LogP contribution in [0.2, 0.25) is 0 Å². The van der Waals surface area contributed by atoms with Crippen LogP contribution in [0.4, 0.5) is 0 Å². The van der Waals surface area contributed by atoms with Gasteiger partial charge in [0.05, 0.1) is 19.0 Å². The molecule has 108 valence electrons. The van der Waals surface area contributed by atoms with Gasteiger partial charge in [-0.05, 0) is 25.0 Å². The van der Waals surface area contributed by atoms with Crippen molar-refractivity contribution in [3.8, 4) is 17.0 Å². The Morgan fingerprint density at radius 1 is 1.38 bits per heavy atom. The number of benzene rings is 1. The van der Waals surface area contributed by atoms with Gasteiger partial charge in [0, 0.05) is 12.2 Å². The first-order chi connectivity index (χ1) is 10.3. The molecule has 1 aromatic carbocycles. The summed E-state index contributed by atoms with van der Waals surface area (Å²) in [6.45, 7) is 0.832. The molecule has 1 saturated heterocycles. The van der Waals surface area contributed by atoms with Crippen molar-refractivity contribution >= 4 is 16.3 Å². The van der Waals surface area contributed by atoms with E-state index >= 15 is 0 Å². The van der Waals surface area contributed by atoms with Crippen LogP contribution in [0, 0.1) is 0 Å². The Bertz CT molecular complexity index is 743. The number of ether oxygens (including phenoxy) is 2. The van der Waals surface area contributed by atoms with E-state index in [1.807, 2.05) is 35.0 Å².